The van der Waals surface area contributed by atoms with Crippen molar-refractivity contribution in [1.29, 1.82) is 0 Å². The summed E-state index contributed by atoms with van der Waals surface area (Å²) in [7, 11) is 0. The summed E-state index contributed by atoms with van der Waals surface area (Å²) in [6.07, 6.45) is -3.21. The molecule has 1 saturated heterocycles. The average molecular weight is 261 g/mol. The molecule has 1 aromatic rings. The molecular weight excluding hydrogens is 250 g/mol. The minimum absolute atomic E-state index is 0.0201. The molecule has 0 amide bonds. The molecule has 0 aliphatic carbocycles. The van der Waals surface area contributed by atoms with Crippen LogP contribution in [0.1, 0.15) is 30.0 Å². The van der Waals surface area contributed by atoms with Crippen molar-refractivity contribution in [1.82, 2.24) is 5.32 Å². The molecule has 18 heavy (non-hydrogen) atoms. The maximum absolute atomic E-state index is 13.8. The number of benzene rings is 1. The second kappa shape index (κ2) is 3.85. The van der Waals surface area contributed by atoms with Crippen molar-refractivity contribution in [3.63, 3.8) is 0 Å². The van der Waals surface area contributed by atoms with Gasteiger partial charge in [0.25, 0.3) is 0 Å². The highest BCUT2D eigenvalue weighted by molar-refractivity contribution is 5.45. The Morgan fingerprint density at radius 1 is 1.28 bits per heavy atom. The molecule has 2 aliphatic heterocycles. The summed E-state index contributed by atoms with van der Waals surface area (Å²) >= 11 is 0. The molecule has 2 heterocycles. The molecular formula is C12H11F4NO. The molecule has 0 aromatic heterocycles. The van der Waals surface area contributed by atoms with Gasteiger partial charge in [0.05, 0.1) is 17.2 Å². The molecule has 6 heteroatoms. The molecule has 1 N–H and O–H groups in total. The fourth-order valence-electron chi connectivity index (χ4n) is 2.59. The first-order chi connectivity index (χ1) is 8.47. The van der Waals surface area contributed by atoms with Crippen LogP contribution in [0.2, 0.25) is 0 Å². The van der Waals surface area contributed by atoms with Crippen LogP contribution in [-0.2, 0) is 6.18 Å². The van der Waals surface area contributed by atoms with Gasteiger partial charge in [-0.3, -0.25) is 0 Å². The summed E-state index contributed by atoms with van der Waals surface area (Å²) in [5, 5.41) is 3.09. The van der Waals surface area contributed by atoms with E-state index in [1.165, 1.54) is 0 Å². The third-order valence-electron chi connectivity index (χ3n) is 3.41. The van der Waals surface area contributed by atoms with Gasteiger partial charge in [-0.15, -0.1) is 0 Å². The van der Waals surface area contributed by atoms with Gasteiger partial charge in [-0.05, 0) is 31.5 Å². The fraction of sp³-hybridized carbons (Fsp3) is 0.500. The summed E-state index contributed by atoms with van der Waals surface area (Å²) in [6.45, 7) is 0.727. The molecule has 0 unspecified atom stereocenters. The number of halogens is 4. The van der Waals surface area contributed by atoms with Gasteiger partial charge in [0.2, 0.25) is 0 Å². The maximum Gasteiger partial charge on any atom is 0.416 e. The normalized spacial score (nSPS) is 26.4. The van der Waals surface area contributed by atoms with Crippen molar-refractivity contribution in [2.75, 3.05) is 6.54 Å². The van der Waals surface area contributed by atoms with Gasteiger partial charge in [0.1, 0.15) is 17.7 Å². The Morgan fingerprint density at radius 2 is 2.06 bits per heavy atom. The Morgan fingerprint density at radius 3 is 2.78 bits per heavy atom. The van der Waals surface area contributed by atoms with E-state index in [2.05, 4.69) is 5.32 Å². The lowest BCUT2D eigenvalue weighted by Crippen LogP contribution is -2.37. The van der Waals surface area contributed by atoms with Crippen LogP contribution in [-0.4, -0.2) is 12.6 Å². The van der Waals surface area contributed by atoms with Gasteiger partial charge in [0, 0.05) is 0 Å². The van der Waals surface area contributed by atoms with Gasteiger partial charge in [-0.25, -0.2) is 4.39 Å². The van der Waals surface area contributed by atoms with E-state index in [0.29, 0.717) is 6.07 Å². The van der Waals surface area contributed by atoms with Gasteiger partial charge >= 0.3 is 6.18 Å². The fourth-order valence-corrected chi connectivity index (χ4v) is 2.59. The van der Waals surface area contributed by atoms with Gasteiger partial charge in [-0.2, -0.15) is 13.2 Å². The lowest BCUT2D eigenvalue weighted by molar-refractivity contribution is -0.137. The molecule has 0 bridgehead atoms. The van der Waals surface area contributed by atoms with E-state index in [-0.39, 0.29) is 23.5 Å². The standard InChI is InChI=1S/C12H11F4NO/c13-7-4-6(12(14,15)16)5-9-10(7)11-8(18-9)2-1-3-17-11/h4-5,8,11,17H,1-3H2/t8-,11+/m0/s1. The van der Waals surface area contributed by atoms with Crippen LogP contribution in [0, 0.1) is 5.82 Å². The molecule has 2 atom stereocenters. The van der Waals surface area contributed by atoms with Crippen LogP contribution in [0.5, 0.6) is 5.75 Å². The largest absolute Gasteiger partial charge is 0.488 e. The SMILES string of the molecule is Fc1cc(C(F)(F)F)cc2c1[C@@H]1NCCC[C@@H]1O2. The van der Waals surface area contributed by atoms with Crippen molar-refractivity contribution in [2.45, 2.75) is 31.2 Å². The third kappa shape index (κ3) is 1.75. The van der Waals surface area contributed by atoms with E-state index in [0.717, 1.165) is 25.5 Å². The summed E-state index contributed by atoms with van der Waals surface area (Å²) in [4.78, 5) is 0. The maximum atomic E-state index is 13.8. The Labute approximate surface area is 101 Å². The lowest BCUT2D eigenvalue weighted by Gasteiger charge is -2.25. The average Bonchev–Trinajstić information content (AvgIpc) is 2.66. The van der Waals surface area contributed by atoms with Crippen molar-refractivity contribution in [2.24, 2.45) is 0 Å². The van der Waals surface area contributed by atoms with Crippen LogP contribution in [0.3, 0.4) is 0 Å². The number of nitrogens with one attached hydrogen (secondary N) is 1. The highest BCUT2D eigenvalue weighted by Gasteiger charge is 2.41. The summed E-state index contributed by atoms with van der Waals surface area (Å²) < 4.78 is 57.0. The topological polar surface area (TPSA) is 21.3 Å². The summed E-state index contributed by atoms with van der Waals surface area (Å²) in [6, 6.07) is 1.11. The number of hydrogen-bond donors (Lipinski definition) is 1. The zero-order chi connectivity index (χ0) is 12.9. The van der Waals surface area contributed by atoms with E-state index in [9.17, 15) is 17.6 Å². The van der Waals surface area contributed by atoms with Crippen LogP contribution >= 0.6 is 0 Å². The second-order valence-electron chi connectivity index (χ2n) is 4.60. The number of rotatable bonds is 0. The predicted molar refractivity (Wildman–Crippen MR) is 55.8 cm³/mol. The molecule has 1 aromatic carbocycles. The number of hydrogen-bond acceptors (Lipinski definition) is 2. The minimum Gasteiger partial charge on any atom is -0.488 e. The molecule has 0 radical (unpaired) electrons. The predicted octanol–water partition coefficient (Wildman–Crippen LogP) is 3.03. The minimum atomic E-state index is -4.56. The molecule has 2 nitrogen and oxygen atoms in total. The quantitative estimate of drug-likeness (QED) is 0.725. The highest BCUT2D eigenvalue weighted by Crippen LogP contribution is 2.44. The number of piperidine rings is 1. The highest BCUT2D eigenvalue weighted by atomic mass is 19.4. The van der Waals surface area contributed by atoms with Crippen LogP contribution in [0.4, 0.5) is 17.6 Å². The van der Waals surface area contributed by atoms with Crippen LogP contribution < -0.4 is 10.1 Å². The van der Waals surface area contributed by atoms with E-state index in [1.54, 1.807) is 0 Å². The van der Waals surface area contributed by atoms with E-state index < -0.39 is 17.6 Å². The summed E-state index contributed by atoms with van der Waals surface area (Å²) in [5.74, 6) is -0.826. The third-order valence-corrected chi connectivity index (χ3v) is 3.41. The molecule has 98 valence electrons. The first-order valence-corrected chi connectivity index (χ1v) is 5.77. The number of ether oxygens (including phenoxy) is 1. The Hall–Kier alpha value is -1.30. The summed E-state index contributed by atoms with van der Waals surface area (Å²) in [5.41, 5.74) is -0.773. The van der Waals surface area contributed by atoms with Crippen LogP contribution in [0.15, 0.2) is 12.1 Å². The lowest BCUT2D eigenvalue weighted by atomic mass is 9.95. The van der Waals surface area contributed by atoms with Crippen molar-refractivity contribution < 1.29 is 22.3 Å². The number of alkyl halides is 3. The van der Waals surface area contributed by atoms with E-state index in [4.69, 9.17) is 4.74 Å². The van der Waals surface area contributed by atoms with Gasteiger partial charge in [-0.1, -0.05) is 0 Å². The number of fused-ring (bicyclic) bond motifs is 3. The zero-order valence-electron chi connectivity index (χ0n) is 9.35. The Kier molecular flexibility index (Phi) is 2.52. The van der Waals surface area contributed by atoms with E-state index in [1.807, 2.05) is 0 Å². The van der Waals surface area contributed by atoms with E-state index >= 15 is 0 Å². The van der Waals surface area contributed by atoms with Gasteiger partial charge < -0.3 is 10.1 Å². The molecule has 1 fully saturated rings. The molecule has 3 rings (SSSR count). The van der Waals surface area contributed by atoms with Crippen molar-refractivity contribution in [3.05, 3.63) is 29.1 Å². The second-order valence-corrected chi connectivity index (χ2v) is 4.60. The monoisotopic (exact) mass is 261 g/mol. The Balaban J connectivity index is 2.05. The molecule has 2 aliphatic rings. The van der Waals surface area contributed by atoms with Crippen LogP contribution in [0.25, 0.3) is 0 Å². The Bertz CT molecular complexity index is 486. The zero-order valence-corrected chi connectivity index (χ0v) is 9.35. The molecule has 0 spiro atoms. The van der Waals surface area contributed by atoms with Crippen molar-refractivity contribution in [3.8, 4) is 5.75 Å². The first-order valence-electron chi connectivity index (χ1n) is 5.77. The smallest absolute Gasteiger partial charge is 0.416 e. The van der Waals surface area contributed by atoms with Crippen molar-refractivity contribution >= 4 is 0 Å². The molecule has 0 saturated carbocycles. The van der Waals surface area contributed by atoms with Gasteiger partial charge in [0.15, 0.2) is 0 Å². The first kappa shape index (κ1) is 11.8.